The van der Waals surface area contributed by atoms with Gasteiger partial charge < -0.3 is 9.88 Å². The summed E-state index contributed by atoms with van der Waals surface area (Å²) in [5, 5.41) is 6.90. The van der Waals surface area contributed by atoms with Crippen LogP contribution in [0.4, 0.5) is 10.1 Å². The van der Waals surface area contributed by atoms with Crippen molar-refractivity contribution in [1.82, 2.24) is 24.3 Å². The van der Waals surface area contributed by atoms with Crippen LogP contribution in [0.5, 0.6) is 0 Å². The minimum atomic E-state index is -0.546. The molecule has 0 atom stereocenters. The number of fused-ring (bicyclic) bond motifs is 1. The van der Waals surface area contributed by atoms with Crippen molar-refractivity contribution in [2.45, 2.75) is 32.9 Å². The van der Waals surface area contributed by atoms with Crippen LogP contribution in [0.1, 0.15) is 34.6 Å². The number of imidazole rings is 1. The van der Waals surface area contributed by atoms with Crippen LogP contribution in [0.25, 0.3) is 11.0 Å². The van der Waals surface area contributed by atoms with E-state index in [4.69, 9.17) is 0 Å². The van der Waals surface area contributed by atoms with Gasteiger partial charge >= 0.3 is 0 Å². The maximum absolute atomic E-state index is 14.8. The zero-order valence-electron chi connectivity index (χ0n) is 18.2. The van der Waals surface area contributed by atoms with Crippen LogP contribution in [-0.4, -0.2) is 30.2 Å². The summed E-state index contributed by atoms with van der Waals surface area (Å²) in [6.07, 6.45) is 11.4. The van der Waals surface area contributed by atoms with Gasteiger partial charge in [0.1, 0.15) is 12.1 Å². The van der Waals surface area contributed by atoms with Crippen molar-refractivity contribution in [3.8, 4) is 0 Å². The molecule has 1 aliphatic rings. The van der Waals surface area contributed by atoms with Crippen molar-refractivity contribution < 1.29 is 9.18 Å². The number of carbonyl (C=O) groups excluding carboxylic acids is 1. The number of aromatic nitrogens is 5. The second-order valence-electron chi connectivity index (χ2n) is 8.15. The average molecular weight is 442 g/mol. The molecule has 8 heteroatoms. The van der Waals surface area contributed by atoms with E-state index in [2.05, 4.69) is 32.5 Å². The quantitative estimate of drug-likeness (QED) is 0.471. The van der Waals surface area contributed by atoms with Gasteiger partial charge in [0.2, 0.25) is 5.82 Å². The number of nitrogens with zero attached hydrogens (tertiary/aromatic N) is 5. The first-order valence-corrected chi connectivity index (χ1v) is 10.8. The number of hydrogen-bond acceptors (Lipinski definition) is 4. The number of allylic oxidation sites excluding steroid dienone is 4. The Kier molecular flexibility index (Phi) is 5.56. The van der Waals surface area contributed by atoms with Gasteiger partial charge in [-0.25, -0.2) is 19.0 Å². The third-order valence-corrected chi connectivity index (χ3v) is 5.65. The summed E-state index contributed by atoms with van der Waals surface area (Å²) in [6, 6.07) is 11.2. The average Bonchev–Trinajstić information content (AvgIpc) is 3.45. The summed E-state index contributed by atoms with van der Waals surface area (Å²) >= 11 is 0. The number of carbonyl (C=O) groups is 1. The van der Waals surface area contributed by atoms with Crippen LogP contribution >= 0.6 is 0 Å². The van der Waals surface area contributed by atoms with Gasteiger partial charge in [-0.1, -0.05) is 36.4 Å². The molecular weight excluding hydrogens is 419 g/mol. The van der Waals surface area contributed by atoms with Crippen LogP contribution in [-0.2, 0) is 13.1 Å². The molecule has 7 nitrogen and oxygen atoms in total. The zero-order valence-corrected chi connectivity index (χ0v) is 18.2. The Hall–Kier alpha value is -4.07. The van der Waals surface area contributed by atoms with Gasteiger partial charge in [0.25, 0.3) is 5.91 Å². The summed E-state index contributed by atoms with van der Waals surface area (Å²) in [4.78, 5) is 21.2. The normalized spacial score (nSPS) is 13.3. The fourth-order valence-electron chi connectivity index (χ4n) is 4.00. The maximum atomic E-state index is 14.8. The summed E-state index contributed by atoms with van der Waals surface area (Å²) in [7, 11) is 0. The molecule has 33 heavy (non-hydrogen) atoms. The molecule has 0 spiro atoms. The number of rotatable bonds is 6. The smallest absolute Gasteiger partial charge is 0.295 e. The van der Waals surface area contributed by atoms with Crippen molar-refractivity contribution >= 4 is 22.6 Å². The number of aryl methyl sites for hydroxylation is 1. The van der Waals surface area contributed by atoms with Crippen LogP contribution in [0.2, 0.25) is 0 Å². The molecule has 1 N–H and O–H groups in total. The Labute approximate surface area is 190 Å². The number of nitrogens with one attached hydrogen (secondary N) is 1. The number of hydrogen-bond donors (Lipinski definition) is 1. The molecular formula is C25H23FN6O. The lowest BCUT2D eigenvalue weighted by molar-refractivity contribution is 0.101. The first kappa shape index (κ1) is 20.8. The van der Waals surface area contributed by atoms with Gasteiger partial charge in [-0.15, -0.1) is 5.10 Å². The lowest BCUT2D eigenvalue weighted by Gasteiger charge is -2.11. The highest BCUT2D eigenvalue weighted by atomic mass is 19.1. The van der Waals surface area contributed by atoms with Crippen molar-refractivity contribution in [2.24, 2.45) is 0 Å². The van der Waals surface area contributed by atoms with E-state index in [1.54, 1.807) is 30.1 Å². The molecule has 0 saturated heterocycles. The first-order valence-electron chi connectivity index (χ1n) is 10.8. The molecule has 1 amide bonds. The van der Waals surface area contributed by atoms with Gasteiger partial charge in [0.05, 0.1) is 29.6 Å². The fraction of sp³-hybridized carbons (Fsp3) is 0.200. The number of benzene rings is 2. The Morgan fingerprint density at radius 1 is 1.15 bits per heavy atom. The predicted octanol–water partition coefficient (Wildman–Crippen LogP) is 4.65. The van der Waals surface area contributed by atoms with E-state index in [1.165, 1.54) is 11.9 Å². The predicted molar refractivity (Wildman–Crippen MR) is 124 cm³/mol. The van der Waals surface area contributed by atoms with Gasteiger partial charge in [0, 0.05) is 6.54 Å². The van der Waals surface area contributed by atoms with E-state index in [0.717, 1.165) is 29.4 Å². The zero-order chi connectivity index (χ0) is 22.8. The Balaban J connectivity index is 1.34. The third-order valence-electron chi connectivity index (χ3n) is 5.65. The van der Waals surface area contributed by atoms with Crippen molar-refractivity contribution in [3.05, 3.63) is 95.6 Å². The van der Waals surface area contributed by atoms with Crippen molar-refractivity contribution in [1.29, 1.82) is 0 Å². The number of anilines is 1. The lowest BCUT2D eigenvalue weighted by Crippen LogP contribution is -2.16. The van der Waals surface area contributed by atoms with Crippen molar-refractivity contribution in [2.75, 3.05) is 5.32 Å². The molecule has 2 aromatic carbocycles. The van der Waals surface area contributed by atoms with E-state index in [0.29, 0.717) is 18.7 Å². The van der Waals surface area contributed by atoms with Gasteiger partial charge in [0.15, 0.2) is 0 Å². The third kappa shape index (κ3) is 4.45. The lowest BCUT2D eigenvalue weighted by atomic mass is 10.1. The summed E-state index contributed by atoms with van der Waals surface area (Å²) in [6.45, 7) is 2.76. The summed E-state index contributed by atoms with van der Waals surface area (Å²) in [5.41, 5.74) is 4.51. The Morgan fingerprint density at radius 2 is 2.03 bits per heavy atom. The first-order chi connectivity index (χ1) is 16.1. The minimum Gasteiger partial charge on any atom is -0.326 e. The van der Waals surface area contributed by atoms with E-state index in [1.807, 2.05) is 34.9 Å². The molecule has 2 aromatic heterocycles. The highest BCUT2D eigenvalue weighted by Gasteiger charge is 2.17. The van der Waals surface area contributed by atoms with Gasteiger partial charge in [-0.2, -0.15) is 0 Å². The van der Waals surface area contributed by atoms with E-state index in [-0.39, 0.29) is 11.5 Å². The molecule has 166 valence electrons. The van der Waals surface area contributed by atoms with Gasteiger partial charge in [-0.3, -0.25) is 4.79 Å². The molecule has 0 radical (unpaired) electrons. The largest absolute Gasteiger partial charge is 0.326 e. The molecule has 0 unspecified atom stereocenters. The molecule has 2 heterocycles. The monoisotopic (exact) mass is 442 g/mol. The van der Waals surface area contributed by atoms with Gasteiger partial charge in [-0.05, 0) is 54.7 Å². The Morgan fingerprint density at radius 3 is 2.88 bits per heavy atom. The van der Waals surface area contributed by atoms with Crippen molar-refractivity contribution in [3.63, 3.8) is 0 Å². The van der Waals surface area contributed by atoms with Crippen LogP contribution in [0.3, 0.4) is 0 Å². The molecule has 0 fully saturated rings. The van der Waals surface area contributed by atoms with Crippen LogP contribution in [0, 0.1) is 12.7 Å². The van der Waals surface area contributed by atoms with E-state index in [9.17, 15) is 9.18 Å². The Bertz CT molecular complexity index is 1400. The fourth-order valence-corrected chi connectivity index (χ4v) is 4.00. The molecule has 0 bridgehead atoms. The van der Waals surface area contributed by atoms with E-state index >= 15 is 0 Å². The highest BCUT2D eigenvalue weighted by molar-refractivity contribution is 6.01. The second kappa shape index (κ2) is 8.82. The molecule has 0 saturated carbocycles. The number of para-hydroxylation sites is 2. The minimum absolute atomic E-state index is 0.00464. The summed E-state index contributed by atoms with van der Waals surface area (Å²) < 4.78 is 18.4. The standard InChI is InChI=1S/C25H23FN6O/c1-17-11-19(13-31-15-27-20-9-5-6-10-22(20)31)12-21(23(17)26)29-25(33)24-28-16-32(30-24)14-18-7-3-2-4-8-18/h2-3,5-7,9-12,15-16H,4,8,13-14H2,1H3,(H,29,33). The topological polar surface area (TPSA) is 77.6 Å². The summed E-state index contributed by atoms with van der Waals surface area (Å²) in [5.74, 6) is -1.01. The van der Waals surface area contributed by atoms with Crippen LogP contribution < -0.4 is 5.32 Å². The molecule has 1 aliphatic carbocycles. The molecule has 0 aliphatic heterocycles. The second-order valence-corrected chi connectivity index (χ2v) is 8.15. The SMILES string of the molecule is Cc1cc(Cn2cnc3ccccc32)cc(NC(=O)c2ncn(CC3=CC=CCC3)n2)c1F. The number of halogens is 1. The molecule has 5 rings (SSSR count). The van der Waals surface area contributed by atoms with Crippen LogP contribution in [0.15, 0.2) is 72.9 Å². The highest BCUT2D eigenvalue weighted by Crippen LogP contribution is 2.23. The number of amides is 1. The molecule has 4 aromatic rings. The maximum Gasteiger partial charge on any atom is 0.295 e. The van der Waals surface area contributed by atoms with E-state index < -0.39 is 11.7 Å².